The zero-order valence-corrected chi connectivity index (χ0v) is 29.5. The first-order valence-corrected chi connectivity index (χ1v) is 15.4. The molecule has 3 rings (SSSR count). The van der Waals surface area contributed by atoms with Crippen molar-refractivity contribution in [1.82, 2.24) is 9.62 Å². The van der Waals surface area contributed by atoms with E-state index < -0.39 is 48.7 Å². The summed E-state index contributed by atoms with van der Waals surface area (Å²) < 4.78 is 55.6. The molecule has 2 aromatic carbocycles. The average molecular weight is 630 g/mol. The van der Waals surface area contributed by atoms with E-state index in [1.807, 2.05) is 0 Å². The number of rotatable bonds is 13. The van der Waals surface area contributed by atoms with Crippen LogP contribution < -0.4 is 80.0 Å². The summed E-state index contributed by atoms with van der Waals surface area (Å²) in [5.41, 5.74) is 6.75. The van der Waals surface area contributed by atoms with E-state index in [2.05, 4.69) is 5.32 Å². The molecule has 1 heterocycles. The number of phosphoric acid groups is 1. The maximum atomic E-state index is 13.6. The zero-order valence-electron chi connectivity index (χ0n) is 23.8. The van der Waals surface area contributed by atoms with Crippen molar-refractivity contribution in [2.75, 3.05) is 32.0 Å². The fraction of sp³-hybridized carbons (Fsp3) is 0.480. The second kappa shape index (κ2) is 17.7. The van der Waals surface area contributed by atoms with Gasteiger partial charge in [0.1, 0.15) is 6.10 Å². The minimum absolute atomic E-state index is 0. The van der Waals surface area contributed by atoms with E-state index in [0.717, 1.165) is 4.31 Å². The molecule has 1 saturated heterocycles. The molecule has 2 aromatic rings. The molecule has 1 fully saturated rings. The number of nitrogens with zero attached hydrogens (tertiary/aromatic N) is 1. The molecule has 12 nitrogen and oxygen atoms in total. The van der Waals surface area contributed by atoms with Crippen molar-refractivity contribution in [3.05, 3.63) is 60.2 Å². The number of ether oxygens (including phenoxy) is 2. The number of hydrogen-bond donors (Lipinski definition) is 2. The molecule has 216 valence electrons. The third-order valence-corrected chi connectivity index (χ3v) is 8.32. The topological polar surface area (TPSA) is 183 Å². The van der Waals surface area contributed by atoms with Crippen LogP contribution in [0.5, 0.6) is 0 Å². The van der Waals surface area contributed by atoms with Gasteiger partial charge in [0.15, 0.2) is 0 Å². The minimum Gasteiger partial charge on any atom is -0.790 e. The molecule has 3 atom stereocenters. The van der Waals surface area contributed by atoms with Gasteiger partial charge in [0.05, 0.1) is 38.1 Å². The second-order valence-electron chi connectivity index (χ2n) is 9.71. The van der Waals surface area contributed by atoms with Crippen LogP contribution in [0.15, 0.2) is 59.5 Å². The molecule has 0 aliphatic carbocycles. The van der Waals surface area contributed by atoms with Gasteiger partial charge in [-0.25, -0.2) is 13.2 Å². The van der Waals surface area contributed by atoms with E-state index in [-0.39, 0.29) is 89.5 Å². The fourth-order valence-corrected chi connectivity index (χ4v) is 6.31. The van der Waals surface area contributed by atoms with Crippen LogP contribution >= 0.6 is 7.82 Å². The SMILES string of the molecule is CC(C)CN(CC(OP(=O)([O-])[O-])C(Cc1ccccc1)NC(=O)OC1CCOC1)S(=O)(=O)c1ccc(N)cc1.[Na+].[Na+]. The predicted molar refractivity (Wildman–Crippen MR) is 140 cm³/mol. The molecule has 0 bridgehead atoms. The normalized spacial score (nSPS) is 16.9. The van der Waals surface area contributed by atoms with Crippen LogP contribution in [0, 0.1) is 5.92 Å². The van der Waals surface area contributed by atoms with Crippen LogP contribution in [0.1, 0.15) is 25.8 Å². The summed E-state index contributed by atoms with van der Waals surface area (Å²) in [5, 5.41) is 2.59. The van der Waals surface area contributed by atoms with Crippen molar-refractivity contribution >= 4 is 29.6 Å². The predicted octanol–water partition coefficient (Wildman–Crippen LogP) is -4.74. The molecule has 0 spiro atoms. The standard InChI is InChI=1S/C25H36N3O9PS.2Na/c1-18(2)15-28(39(33,34)22-10-8-20(26)9-11-22)16-24(37-38(30,31)32)23(14-19-6-4-3-5-7-19)27-25(29)36-21-12-13-35-17-21;;/h3-11,18,21,23-24H,12-17,26H2,1-2H3,(H,27,29)(H2,30,31,32);;/q;2*+1/p-2. The number of carbonyl (C=O) groups is 1. The molecule has 1 amide bonds. The Balaban J connectivity index is 0.00000420. The Morgan fingerprint density at radius 3 is 2.29 bits per heavy atom. The molecule has 1 aliphatic rings. The van der Waals surface area contributed by atoms with Gasteiger partial charge in [-0.05, 0) is 42.2 Å². The number of sulfonamides is 1. The molecular formula is C25H34N3Na2O9PS. The number of nitrogen functional groups attached to an aromatic ring is 1. The van der Waals surface area contributed by atoms with E-state index in [4.69, 9.17) is 19.7 Å². The van der Waals surface area contributed by atoms with Gasteiger partial charge in [-0.2, -0.15) is 4.31 Å². The number of hydrogen-bond acceptors (Lipinski definition) is 10. The first kappa shape index (κ1) is 38.5. The number of benzene rings is 2. The monoisotopic (exact) mass is 629 g/mol. The van der Waals surface area contributed by atoms with E-state index in [1.54, 1.807) is 44.2 Å². The smallest absolute Gasteiger partial charge is 0.790 e. The van der Waals surface area contributed by atoms with Gasteiger partial charge < -0.3 is 39.4 Å². The maximum Gasteiger partial charge on any atom is 1.00 e. The quantitative estimate of drug-likeness (QED) is 0.124. The number of nitrogens with two attached hydrogens (primary N) is 1. The van der Waals surface area contributed by atoms with Gasteiger partial charge in [-0.3, -0.25) is 0 Å². The summed E-state index contributed by atoms with van der Waals surface area (Å²) in [6, 6.07) is 13.1. The number of anilines is 1. The molecule has 0 aromatic heterocycles. The number of nitrogens with one attached hydrogen (secondary N) is 1. The van der Waals surface area contributed by atoms with E-state index >= 15 is 0 Å². The van der Waals surface area contributed by atoms with Gasteiger partial charge in [0.25, 0.3) is 0 Å². The summed E-state index contributed by atoms with van der Waals surface area (Å²) in [4.78, 5) is 36.4. The first-order chi connectivity index (χ1) is 18.3. The Morgan fingerprint density at radius 1 is 1.12 bits per heavy atom. The third kappa shape index (κ3) is 12.9. The van der Waals surface area contributed by atoms with Gasteiger partial charge in [0, 0.05) is 25.2 Å². The van der Waals surface area contributed by atoms with Crippen LogP contribution in [0.25, 0.3) is 0 Å². The Bertz CT molecular complexity index is 1230. The van der Waals surface area contributed by atoms with E-state index in [0.29, 0.717) is 24.3 Å². The van der Waals surface area contributed by atoms with Crippen LogP contribution in [0.2, 0.25) is 0 Å². The fourth-order valence-electron chi connectivity index (χ4n) is 4.15. The number of phosphoric ester groups is 1. The largest absolute Gasteiger partial charge is 1.00 e. The number of alkyl carbamates (subject to hydrolysis) is 1. The maximum absolute atomic E-state index is 13.6. The second-order valence-corrected chi connectivity index (χ2v) is 12.8. The zero-order chi connectivity index (χ0) is 28.6. The van der Waals surface area contributed by atoms with Crippen molar-refractivity contribution in [2.45, 2.75) is 49.8 Å². The molecule has 41 heavy (non-hydrogen) atoms. The number of amides is 1. The third-order valence-electron chi connectivity index (χ3n) is 5.95. The first-order valence-electron chi connectivity index (χ1n) is 12.5. The minimum atomic E-state index is -5.62. The van der Waals surface area contributed by atoms with Crippen molar-refractivity contribution in [2.24, 2.45) is 5.92 Å². The van der Waals surface area contributed by atoms with Gasteiger partial charge in [-0.1, -0.05) is 44.2 Å². The van der Waals surface area contributed by atoms with Gasteiger partial charge >= 0.3 is 65.2 Å². The van der Waals surface area contributed by atoms with Crippen molar-refractivity contribution in [3.63, 3.8) is 0 Å². The Labute approximate surface area is 285 Å². The van der Waals surface area contributed by atoms with E-state index in [9.17, 15) is 27.6 Å². The summed E-state index contributed by atoms with van der Waals surface area (Å²) in [6.07, 6.45) is -2.41. The van der Waals surface area contributed by atoms with Crippen LogP contribution in [-0.4, -0.2) is 63.4 Å². The summed E-state index contributed by atoms with van der Waals surface area (Å²) in [6.45, 7) is 3.66. The van der Waals surface area contributed by atoms with Crippen LogP contribution in [0.4, 0.5) is 10.5 Å². The van der Waals surface area contributed by atoms with Crippen LogP contribution in [0.3, 0.4) is 0 Å². The molecule has 0 radical (unpaired) electrons. The Hall–Kier alpha value is -0.510. The molecule has 0 saturated carbocycles. The van der Waals surface area contributed by atoms with Crippen molar-refractivity contribution in [1.29, 1.82) is 0 Å². The molecule has 3 N–H and O–H groups in total. The van der Waals surface area contributed by atoms with Gasteiger partial charge in [0.2, 0.25) is 10.0 Å². The summed E-state index contributed by atoms with van der Waals surface area (Å²) in [5.74, 6) is -0.173. The van der Waals surface area contributed by atoms with Crippen molar-refractivity contribution in [3.8, 4) is 0 Å². The molecule has 3 unspecified atom stereocenters. The number of carbonyl (C=O) groups excluding carboxylic acids is 1. The molecular weight excluding hydrogens is 595 g/mol. The molecule has 16 heteroatoms. The Kier molecular flexibility index (Phi) is 16.6. The Morgan fingerprint density at radius 2 is 1.76 bits per heavy atom. The average Bonchev–Trinajstić information content (AvgIpc) is 3.35. The van der Waals surface area contributed by atoms with E-state index in [1.165, 1.54) is 24.3 Å². The summed E-state index contributed by atoms with van der Waals surface area (Å²) in [7, 11) is -9.80. The summed E-state index contributed by atoms with van der Waals surface area (Å²) >= 11 is 0. The van der Waals surface area contributed by atoms with Crippen molar-refractivity contribution < 1.29 is 101 Å². The van der Waals surface area contributed by atoms with Gasteiger partial charge in [-0.15, -0.1) is 0 Å². The molecule has 1 aliphatic heterocycles. The van der Waals surface area contributed by atoms with Crippen LogP contribution in [-0.2, 0) is 35.0 Å².